The molecule has 9 heteroatoms. The van der Waals surface area contributed by atoms with Gasteiger partial charge in [-0.05, 0) is 61.7 Å². The first-order chi connectivity index (χ1) is 19.0. The van der Waals surface area contributed by atoms with Crippen molar-refractivity contribution < 1.29 is 18.7 Å². The molecule has 0 atom stereocenters. The van der Waals surface area contributed by atoms with Crippen LogP contribution in [0, 0.1) is 12.7 Å². The molecule has 0 spiro atoms. The van der Waals surface area contributed by atoms with Crippen LogP contribution < -0.4 is 15.5 Å². The first-order valence-corrected chi connectivity index (χ1v) is 13.7. The molecule has 0 saturated heterocycles. The van der Waals surface area contributed by atoms with E-state index in [1.165, 1.54) is 17.4 Å². The molecule has 200 valence electrons. The fourth-order valence-electron chi connectivity index (χ4n) is 4.57. The summed E-state index contributed by atoms with van der Waals surface area (Å²) in [5.74, 6) is -0.407. The third-order valence-corrected chi connectivity index (χ3v) is 7.72. The van der Waals surface area contributed by atoms with Gasteiger partial charge in [0.25, 0.3) is 11.8 Å². The summed E-state index contributed by atoms with van der Waals surface area (Å²) in [5.41, 5.74) is 3.79. The van der Waals surface area contributed by atoms with E-state index >= 15 is 0 Å². The van der Waals surface area contributed by atoms with Crippen LogP contribution in [0.2, 0.25) is 0 Å². The number of hydrogen-bond donors (Lipinski definition) is 2. The van der Waals surface area contributed by atoms with Gasteiger partial charge in [0.2, 0.25) is 0 Å². The Hall–Kier alpha value is -4.08. The number of nitrogens with zero attached hydrogens (tertiary/aromatic N) is 2. The summed E-state index contributed by atoms with van der Waals surface area (Å²) in [6, 6.07) is 19.6. The number of aryl methyl sites for hydroxylation is 1. The number of carbonyl (C=O) groups is 2. The van der Waals surface area contributed by atoms with Crippen LogP contribution in [-0.4, -0.2) is 43.1 Å². The van der Waals surface area contributed by atoms with E-state index in [4.69, 9.17) is 4.74 Å². The average molecular weight is 545 g/mol. The van der Waals surface area contributed by atoms with Crippen LogP contribution in [0.3, 0.4) is 0 Å². The quantitative estimate of drug-likeness (QED) is 0.260. The fraction of sp³-hybridized carbons (Fsp3) is 0.233. The van der Waals surface area contributed by atoms with Gasteiger partial charge in [-0.1, -0.05) is 36.4 Å². The number of para-hydroxylation sites is 2. The van der Waals surface area contributed by atoms with Gasteiger partial charge in [0, 0.05) is 30.1 Å². The lowest BCUT2D eigenvalue weighted by Gasteiger charge is -2.23. The van der Waals surface area contributed by atoms with E-state index < -0.39 is 5.82 Å². The van der Waals surface area contributed by atoms with Crippen molar-refractivity contribution in [2.24, 2.45) is 0 Å². The number of amides is 2. The minimum Gasteiger partial charge on any atom is -0.380 e. The molecule has 39 heavy (non-hydrogen) atoms. The van der Waals surface area contributed by atoms with Crippen LogP contribution in [0.25, 0.3) is 10.4 Å². The van der Waals surface area contributed by atoms with Crippen molar-refractivity contribution in [3.05, 3.63) is 94.2 Å². The first-order valence-electron chi connectivity index (χ1n) is 12.9. The fourth-order valence-corrected chi connectivity index (χ4v) is 5.71. The molecule has 7 nitrogen and oxygen atoms in total. The first kappa shape index (κ1) is 26.5. The van der Waals surface area contributed by atoms with Gasteiger partial charge in [0.1, 0.15) is 17.3 Å². The molecular weight excluding hydrogens is 515 g/mol. The lowest BCUT2D eigenvalue weighted by Crippen LogP contribution is -2.33. The number of ether oxygens (including phenoxy) is 1. The standard InChI is InChI=1S/C30H29FN4O3S/c1-3-38-17-15-32-26-13-7-11-23(33-26)30(37)35-16-14-20-18-25(39-28(20)21-9-4-5-12-24(21)35)29(36)34-27-19(2)8-6-10-22(27)31/h4-13,18H,3,14-17H2,1-2H3,(H,32,33)(H,34,36). The Morgan fingerprint density at radius 3 is 2.74 bits per heavy atom. The maximum atomic E-state index is 14.3. The molecule has 2 amide bonds. The molecule has 1 aliphatic rings. The van der Waals surface area contributed by atoms with Gasteiger partial charge in [0.15, 0.2) is 0 Å². The monoisotopic (exact) mass is 544 g/mol. The van der Waals surface area contributed by atoms with Crippen LogP contribution in [0.1, 0.15) is 38.2 Å². The van der Waals surface area contributed by atoms with Gasteiger partial charge in [-0.25, -0.2) is 9.37 Å². The molecular formula is C30H29FN4O3S. The number of halogens is 1. The maximum Gasteiger partial charge on any atom is 0.276 e. The largest absolute Gasteiger partial charge is 0.380 e. The van der Waals surface area contributed by atoms with Crippen LogP contribution in [0.4, 0.5) is 21.6 Å². The van der Waals surface area contributed by atoms with Crippen molar-refractivity contribution >= 4 is 40.3 Å². The van der Waals surface area contributed by atoms with Crippen molar-refractivity contribution in [3.63, 3.8) is 0 Å². The van der Waals surface area contributed by atoms with Gasteiger partial charge in [0.05, 0.1) is 22.9 Å². The third kappa shape index (κ3) is 5.69. The number of nitrogens with one attached hydrogen (secondary N) is 2. The molecule has 0 saturated carbocycles. The van der Waals surface area contributed by atoms with E-state index in [1.807, 2.05) is 49.4 Å². The Morgan fingerprint density at radius 1 is 1.10 bits per heavy atom. The molecule has 0 bridgehead atoms. The molecule has 1 aliphatic heterocycles. The second-order valence-corrected chi connectivity index (χ2v) is 10.2. The summed E-state index contributed by atoms with van der Waals surface area (Å²) >= 11 is 1.35. The van der Waals surface area contributed by atoms with E-state index in [1.54, 1.807) is 30.0 Å². The molecule has 3 heterocycles. The van der Waals surface area contributed by atoms with E-state index in [-0.39, 0.29) is 17.5 Å². The molecule has 2 aromatic heterocycles. The van der Waals surface area contributed by atoms with Crippen LogP contribution in [0.15, 0.2) is 66.7 Å². The minimum absolute atomic E-state index is 0.186. The van der Waals surface area contributed by atoms with E-state index in [0.717, 1.165) is 21.7 Å². The number of hydrogen-bond acceptors (Lipinski definition) is 6. The third-order valence-electron chi connectivity index (χ3n) is 6.51. The SMILES string of the molecule is CCOCCNc1cccc(C(=O)N2CCc3cc(C(=O)Nc4c(C)cccc4F)sc3-c3ccccc32)n1. The number of benzene rings is 2. The summed E-state index contributed by atoms with van der Waals surface area (Å²) in [4.78, 5) is 34.5. The highest BCUT2D eigenvalue weighted by atomic mass is 32.1. The zero-order valence-corrected chi connectivity index (χ0v) is 22.6. The molecule has 0 radical (unpaired) electrons. The van der Waals surface area contributed by atoms with Crippen molar-refractivity contribution in [1.82, 2.24) is 4.98 Å². The summed E-state index contributed by atoms with van der Waals surface area (Å²) in [7, 11) is 0. The minimum atomic E-state index is -0.469. The molecule has 0 unspecified atom stereocenters. The topological polar surface area (TPSA) is 83.6 Å². The lowest BCUT2D eigenvalue weighted by molar-refractivity contribution is 0.0981. The molecule has 4 aromatic rings. The van der Waals surface area contributed by atoms with Crippen molar-refractivity contribution in [1.29, 1.82) is 0 Å². The number of thiophene rings is 1. The van der Waals surface area contributed by atoms with E-state index in [0.29, 0.717) is 54.7 Å². The van der Waals surface area contributed by atoms with Gasteiger partial charge in [-0.15, -0.1) is 11.3 Å². The van der Waals surface area contributed by atoms with Gasteiger partial charge in [-0.2, -0.15) is 0 Å². The molecule has 2 N–H and O–H groups in total. The molecule has 0 aliphatic carbocycles. The smallest absolute Gasteiger partial charge is 0.276 e. The van der Waals surface area contributed by atoms with Gasteiger partial charge >= 0.3 is 0 Å². The van der Waals surface area contributed by atoms with Crippen molar-refractivity contribution in [3.8, 4) is 10.4 Å². The molecule has 5 rings (SSSR count). The predicted octanol–water partition coefficient (Wildman–Crippen LogP) is 6.16. The van der Waals surface area contributed by atoms with Crippen LogP contribution >= 0.6 is 11.3 Å². The highest BCUT2D eigenvalue weighted by Crippen LogP contribution is 2.42. The number of fused-ring (bicyclic) bond motifs is 3. The highest BCUT2D eigenvalue weighted by molar-refractivity contribution is 7.17. The normalized spacial score (nSPS) is 12.3. The number of anilines is 3. The maximum absolute atomic E-state index is 14.3. The average Bonchev–Trinajstić information content (AvgIpc) is 3.31. The number of aromatic nitrogens is 1. The van der Waals surface area contributed by atoms with E-state index in [2.05, 4.69) is 15.6 Å². The molecule has 2 aromatic carbocycles. The Kier molecular flexibility index (Phi) is 7.99. The lowest BCUT2D eigenvalue weighted by atomic mass is 10.1. The summed E-state index contributed by atoms with van der Waals surface area (Å²) in [5, 5.41) is 5.92. The van der Waals surface area contributed by atoms with Crippen molar-refractivity contribution in [2.45, 2.75) is 20.3 Å². The van der Waals surface area contributed by atoms with Crippen molar-refractivity contribution in [2.75, 3.05) is 41.8 Å². The highest BCUT2D eigenvalue weighted by Gasteiger charge is 2.28. The summed E-state index contributed by atoms with van der Waals surface area (Å²) < 4.78 is 19.7. The van der Waals surface area contributed by atoms with Crippen LogP contribution in [0.5, 0.6) is 0 Å². The number of carbonyl (C=O) groups excluding carboxylic acids is 2. The Bertz CT molecular complexity index is 1500. The zero-order chi connectivity index (χ0) is 27.4. The summed E-state index contributed by atoms with van der Waals surface area (Å²) in [6.45, 7) is 5.92. The zero-order valence-electron chi connectivity index (χ0n) is 21.8. The van der Waals surface area contributed by atoms with Gasteiger partial charge in [-0.3, -0.25) is 9.59 Å². The Balaban J connectivity index is 1.40. The molecule has 0 fully saturated rings. The summed E-state index contributed by atoms with van der Waals surface area (Å²) in [6.07, 6.45) is 0.560. The van der Waals surface area contributed by atoms with E-state index in [9.17, 15) is 14.0 Å². The second-order valence-electron chi connectivity index (χ2n) is 9.11. The second kappa shape index (κ2) is 11.8. The number of rotatable bonds is 8. The predicted molar refractivity (Wildman–Crippen MR) is 153 cm³/mol. The number of pyridine rings is 1. The van der Waals surface area contributed by atoms with Crippen LogP contribution in [-0.2, 0) is 11.2 Å². The Morgan fingerprint density at radius 2 is 1.92 bits per heavy atom. The van der Waals surface area contributed by atoms with Gasteiger partial charge < -0.3 is 20.3 Å². The Labute approximate surface area is 230 Å².